The Labute approximate surface area is 141 Å². The van der Waals surface area contributed by atoms with E-state index in [-0.39, 0.29) is 12.0 Å². The summed E-state index contributed by atoms with van der Waals surface area (Å²) in [4.78, 5) is 12.5. The second-order valence-electron chi connectivity index (χ2n) is 5.55. The molecule has 0 heterocycles. The van der Waals surface area contributed by atoms with E-state index in [1.807, 2.05) is 42.5 Å². The van der Waals surface area contributed by atoms with Crippen molar-refractivity contribution < 1.29 is 9.53 Å². The van der Waals surface area contributed by atoms with Crippen molar-refractivity contribution >= 4 is 17.5 Å². The summed E-state index contributed by atoms with van der Waals surface area (Å²) in [5, 5.41) is 3.52. The zero-order valence-electron chi connectivity index (χ0n) is 13.3. The van der Waals surface area contributed by atoms with E-state index in [9.17, 15) is 4.79 Å². The van der Waals surface area contributed by atoms with Crippen LogP contribution in [-0.2, 0) is 15.1 Å². The first-order valence-corrected chi connectivity index (χ1v) is 7.74. The summed E-state index contributed by atoms with van der Waals surface area (Å²) in [6.45, 7) is 2.03. The monoisotopic (exact) mass is 332 g/mol. The van der Waals surface area contributed by atoms with Gasteiger partial charge in [0.15, 0.2) is 0 Å². The summed E-state index contributed by atoms with van der Waals surface area (Å²) >= 11 is 5.89. The molecule has 0 bridgehead atoms. The van der Waals surface area contributed by atoms with E-state index in [1.54, 1.807) is 26.2 Å². The molecule has 23 heavy (non-hydrogen) atoms. The summed E-state index contributed by atoms with van der Waals surface area (Å²) in [6, 6.07) is 16.6. The minimum Gasteiger partial charge on any atom is -0.375 e. The molecule has 0 aliphatic heterocycles. The molecule has 5 heteroatoms. The van der Waals surface area contributed by atoms with Crippen LogP contribution in [0.5, 0.6) is 0 Å². The molecule has 2 unspecified atom stereocenters. The SMILES string of the molecule is COC(CNC(=O)C(C)(N)c1ccccc1)c1ccc(Cl)cc1. The van der Waals surface area contributed by atoms with Crippen molar-refractivity contribution in [3.05, 3.63) is 70.7 Å². The lowest BCUT2D eigenvalue weighted by atomic mass is 9.92. The van der Waals surface area contributed by atoms with Crippen LogP contribution in [-0.4, -0.2) is 19.6 Å². The molecule has 0 aliphatic rings. The summed E-state index contributed by atoms with van der Waals surface area (Å²) in [6.07, 6.45) is -0.261. The molecule has 2 aromatic rings. The molecular weight excluding hydrogens is 312 g/mol. The van der Waals surface area contributed by atoms with Gasteiger partial charge in [0.1, 0.15) is 5.54 Å². The quantitative estimate of drug-likeness (QED) is 0.854. The minimum absolute atomic E-state index is 0.250. The molecule has 1 amide bonds. The maximum absolute atomic E-state index is 12.5. The fourth-order valence-corrected chi connectivity index (χ4v) is 2.43. The van der Waals surface area contributed by atoms with E-state index in [4.69, 9.17) is 22.1 Å². The number of benzene rings is 2. The van der Waals surface area contributed by atoms with Crippen molar-refractivity contribution in [3.63, 3.8) is 0 Å². The molecule has 0 saturated carbocycles. The number of carbonyl (C=O) groups excluding carboxylic acids is 1. The number of rotatable bonds is 6. The lowest BCUT2D eigenvalue weighted by Gasteiger charge is -2.25. The van der Waals surface area contributed by atoms with Crippen molar-refractivity contribution in [1.82, 2.24) is 5.32 Å². The molecule has 2 rings (SSSR count). The normalized spacial score (nSPS) is 14.8. The number of hydrogen-bond donors (Lipinski definition) is 2. The number of nitrogens with two attached hydrogens (primary N) is 1. The predicted molar refractivity (Wildman–Crippen MR) is 92.2 cm³/mol. The molecule has 0 spiro atoms. The molecule has 2 aromatic carbocycles. The summed E-state index contributed by atoms with van der Waals surface area (Å²) < 4.78 is 5.45. The molecule has 4 nitrogen and oxygen atoms in total. The third-order valence-electron chi connectivity index (χ3n) is 3.82. The second kappa shape index (κ2) is 7.59. The van der Waals surface area contributed by atoms with Gasteiger partial charge in [-0.25, -0.2) is 0 Å². The molecule has 0 aliphatic carbocycles. The van der Waals surface area contributed by atoms with Crippen molar-refractivity contribution in [2.75, 3.05) is 13.7 Å². The first-order valence-electron chi connectivity index (χ1n) is 7.36. The van der Waals surface area contributed by atoms with E-state index < -0.39 is 5.54 Å². The first kappa shape index (κ1) is 17.5. The number of methoxy groups -OCH3 is 1. The van der Waals surface area contributed by atoms with Crippen LogP contribution >= 0.6 is 11.6 Å². The Bertz CT molecular complexity index is 642. The highest BCUT2D eigenvalue weighted by molar-refractivity contribution is 6.30. The van der Waals surface area contributed by atoms with Gasteiger partial charge < -0.3 is 15.8 Å². The topological polar surface area (TPSA) is 64.3 Å². The Morgan fingerprint density at radius 2 is 1.83 bits per heavy atom. The summed E-state index contributed by atoms with van der Waals surface area (Å²) in [5.74, 6) is -0.250. The Kier molecular flexibility index (Phi) is 5.77. The van der Waals surface area contributed by atoms with Crippen LogP contribution in [0, 0.1) is 0 Å². The number of halogens is 1. The van der Waals surface area contributed by atoms with Crippen LogP contribution in [0.15, 0.2) is 54.6 Å². The maximum atomic E-state index is 12.5. The predicted octanol–water partition coefficient (Wildman–Crippen LogP) is 3.02. The Balaban J connectivity index is 2.03. The molecular formula is C18H21ClN2O2. The van der Waals surface area contributed by atoms with Gasteiger partial charge in [-0.2, -0.15) is 0 Å². The fourth-order valence-electron chi connectivity index (χ4n) is 2.30. The molecule has 2 atom stereocenters. The Hall–Kier alpha value is -1.88. The van der Waals surface area contributed by atoms with Gasteiger partial charge in [-0.05, 0) is 30.2 Å². The highest BCUT2D eigenvalue weighted by Crippen LogP contribution is 2.20. The number of amides is 1. The van der Waals surface area contributed by atoms with E-state index >= 15 is 0 Å². The van der Waals surface area contributed by atoms with Gasteiger partial charge in [-0.1, -0.05) is 54.1 Å². The van der Waals surface area contributed by atoms with Crippen molar-refractivity contribution in [2.45, 2.75) is 18.6 Å². The summed E-state index contributed by atoms with van der Waals surface area (Å²) in [7, 11) is 1.60. The molecule has 0 saturated heterocycles. The van der Waals surface area contributed by atoms with Gasteiger partial charge in [0.05, 0.1) is 6.10 Å². The second-order valence-corrected chi connectivity index (χ2v) is 5.99. The van der Waals surface area contributed by atoms with Crippen LogP contribution in [0.2, 0.25) is 5.02 Å². The van der Waals surface area contributed by atoms with E-state index in [0.29, 0.717) is 11.6 Å². The fraction of sp³-hybridized carbons (Fsp3) is 0.278. The van der Waals surface area contributed by atoms with Gasteiger partial charge in [0.25, 0.3) is 0 Å². The number of carbonyl (C=O) groups is 1. The van der Waals surface area contributed by atoms with Crippen LogP contribution in [0.25, 0.3) is 0 Å². The smallest absolute Gasteiger partial charge is 0.244 e. The van der Waals surface area contributed by atoms with Gasteiger partial charge in [-0.3, -0.25) is 4.79 Å². The zero-order chi connectivity index (χ0) is 16.9. The maximum Gasteiger partial charge on any atom is 0.244 e. The average Bonchev–Trinajstić information content (AvgIpc) is 2.57. The molecule has 0 fully saturated rings. The third kappa shape index (κ3) is 4.32. The first-order chi connectivity index (χ1) is 10.9. The molecule has 3 N–H and O–H groups in total. The van der Waals surface area contributed by atoms with Crippen LogP contribution in [0.1, 0.15) is 24.2 Å². The summed E-state index contributed by atoms with van der Waals surface area (Å²) in [5.41, 5.74) is 6.80. The van der Waals surface area contributed by atoms with Gasteiger partial charge >= 0.3 is 0 Å². The van der Waals surface area contributed by atoms with Crippen LogP contribution in [0.3, 0.4) is 0 Å². The number of nitrogens with one attached hydrogen (secondary N) is 1. The zero-order valence-corrected chi connectivity index (χ0v) is 14.0. The standard InChI is InChI=1S/C18H21ClN2O2/c1-18(20,14-6-4-3-5-7-14)17(22)21-12-16(23-2)13-8-10-15(19)11-9-13/h3-11,16H,12,20H2,1-2H3,(H,21,22). The van der Waals surface area contributed by atoms with Crippen molar-refractivity contribution in [2.24, 2.45) is 5.73 Å². The van der Waals surface area contributed by atoms with E-state index in [0.717, 1.165) is 11.1 Å². The van der Waals surface area contributed by atoms with Crippen LogP contribution in [0.4, 0.5) is 0 Å². The van der Waals surface area contributed by atoms with Gasteiger partial charge in [0, 0.05) is 18.7 Å². The van der Waals surface area contributed by atoms with Crippen molar-refractivity contribution in [3.8, 4) is 0 Å². The van der Waals surface area contributed by atoms with Crippen LogP contribution < -0.4 is 11.1 Å². The Morgan fingerprint density at radius 3 is 2.39 bits per heavy atom. The van der Waals surface area contributed by atoms with E-state index in [2.05, 4.69) is 5.32 Å². The van der Waals surface area contributed by atoms with Crippen molar-refractivity contribution in [1.29, 1.82) is 0 Å². The highest BCUT2D eigenvalue weighted by atomic mass is 35.5. The average molecular weight is 333 g/mol. The lowest BCUT2D eigenvalue weighted by molar-refractivity contribution is -0.126. The molecule has 122 valence electrons. The lowest BCUT2D eigenvalue weighted by Crippen LogP contribution is -2.49. The third-order valence-corrected chi connectivity index (χ3v) is 4.07. The number of ether oxygens (including phenoxy) is 1. The largest absolute Gasteiger partial charge is 0.375 e. The minimum atomic E-state index is -1.10. The molecule has 0 radical (unpaired) electrons. The van der Waals surface area contributed by atoms with Gasteiger partial charge in [0.2, 0.25) is 5.91 Å². The molecule has 0 aromatic heterocycles. The van der Waals surface area contributed by atoms with E-state index in [1.165, 1.54) is 0 Å². The Morgan fingerprint density at radius 1 is 1.22 bits per heavy atom. The number of hydrogen-bond acceptors (Lipinski definition) is 3. The van der Waals surface area contributed by atoms with Gasteiger partial charge in [-0.15, -0.1) is 0 Å². The highest BCUT2D eigenvalue weighted by Gasteiger charge is 2.30.